The van der Waals surface area contributed by atoms with Crippen LogP contribution in [0.3, 0.4) is 0 Å². The van der Waals surface area contributed by atoms with Crippen molar-refractivity contribution >= 4 is 34.4 Å². The molecular weight excluding hydrogens is 498 g/mol. The number of fused-ring (bicyclic) bond motifs is 1. The monoisotopic (exact) mass is 523 g/mol. The number of aromatic nitrogens is 2. The zero-order valence-electron chi connectivity index (χ0n) is 20.9. The minimum atomic E-state index is -1.22. The number of nitrogens with one attached hydrogen (secondary N) is 1. The highest BCUT2D eigenvalue weighted by Crippen LogP contribution is 2.24. The van der Waals surface area contributed by atoms with Crippen molar-refractivity contribution in [1.29, 1.82) is 5.26 Å². The van der Waals surface area contributed by atoms with Crippen LogP contribution in [0.5, 0.6) is 0 Å². The first kappa shape index (κ1) is 26.7. The first-order valence-electron chi connectivity index (χ1n) is 12.1. The number of rotatable bonds is 11. The third kappa shape index (κ3) is 6.69. The van der Waals surface area contributed by atoms with E-state index >= 15 is 0 Å². The fourth-order valence-electron chi connectivity index (χ4n) is 3.88. The smallest absolute Gasteiger partial charge is 0.411 e. The molecule has 11 nitrogen and oxygen atoms in total. The van der Waals surface area contributed by atoms with Crippen LogP contribution < -0.4 is 11.1 Å². The zero-order valence-corrected chi connectivity index (χ0v) is 20.9. The van der Waals surface area contributed by atoms with Gasteiger partial charge in [0.05, 0.1) is 36.6 Å². The van der Waals surface area contributed by atoms with E-state index in [1.165, 1.54) is 0 Å². The molecule has 1 unspecified atom stereocenters. The Morgan fingerprint density at radius 3 is 2.49 bits per heavy atom. The number of anilines is 1. The Morgan fingerprint density at radius 2 is 1.77 bits per heavy atom. The van der Waals surface area contributed by atoms with Crippen molar-refractivity contribution in [3.05, 3.63) is 101 Å². The van der Waals surface area contributed by atoms with Gasteiger partial charge >= 0.3 is 6.09 Å². The molecule has 0 bridgehead atoms. The Bertz CT molecular complexity index is 1540. The zero-order chi connectivity index (χ0) is 27.6. The summed E-state index contributed by atoms with van der Waals surface area (Å²) in [6, 6.07) is 23.5. The fourth-order valence-corrected chi connectivity index (χ4v) is 3.88. The molecule has 3 aromatic carbocycles. The maximum Gasteiger partial charge on any atom is 0.411 e. The van der Waals surface area contributed by atoms with Crippen molar-refractivity contribution in [3.8, 4) is 6.07 Å². The van der Waals surface area contributed by atoms with Gasteiger partial charge in [0.15, 0.2) is 5.78 Å². The molecular formula is C28H25N7O4. The molecule has 0 aliphatic heterocycles. The van der Waals surface area contributed by atoms with Crippen LogP contribution in [-0.4, -0.2) is 33.8 Å². The minimum absolute atomic E-state index is 0.0844. The molecule has 1 aromatic heterocycles. The molecule has 0 saturated heterocycles. The third-order valence-corrected chi connectivity index (χ3v) is 5.80. The van der Waals surface area contributed by atoms with Crippen LogP contribution in [0, 0.1) is 16.2 Å². The number of carbonyl (C=O) groups is 2. The average Bonchev–Trinajstić information content (AvgIpc) is 3.31. The Balaban J connectivity index is 1.49. The van der Waals surface area contributed by atoms with E-state index in [4.69, 9.17) is 15.7 Å². The van der Waals surface area contributed by atoms with Crippen molar-refractivity contribution in [2.24, 2.45) is 15.9 Å². The lowest BCUT2D eigenvalue weighted by Crippen LogP contribution is -2.25. The van der Waals surface area contributed by atoms with Crippen LogP contribution in [0.15, 0.2) is 89.0 Å². The number of amidine groups is 1. The van der Waals surface area contributed by atoms with E-state index in [1.807, 2.05) is 36.4 Å². The molecule has 0 saturated carbocycles. The molecule has 0 fully saturated rings. The van der Waals surface area contributed by atoms with E-state index in [9.17, 15) is 14.5 Å². The van der Waals surface area contributed by atoms with Gasteiger partial charge < -0.3 is 15.0 Å². The molecule has 1 atom stereocenters. The van der Waals surface area contributed by atoms with Gasteiger partial charge in [-0.05, 0) is 42.0 Å². The average molecular weight is 524 g/mol. The minimum Gasteiger partial charge on any atom is -0.444 e. The van der Waals surface area contributed by atoms with Gasteiger partial charge in [0.25, 0.3) is 0 Å². The van der Waals surface area contributed by atoms with E-state index in [0.717, 1.165) is 5.56 Å². The molecule has 39 heavy (non-hydrogen) atoms. The van der Waals surface area contributed by atoms with Gasteiger partial charge in [-0.2, -0.15) is 5.26 Å². The predicted octanol–water partition coefficient (Wildman–Crippen LogP) is 4.75. The van der Waals surface area contributed by atoms with Gasteiger partial charge in [0, 0.05) is 11.3 Å². The first-order chi connectivity index (χ1) is 19.0. The summed E-state index contributed by atoms with van der Waals surface area (Å²) in [6.45, 7) is 0.113. The van der Waals surface area contributed by atoms with Crippen LogP contribution in [0.1, 0.15) is 34.2 Å². The van der Waals surface area contributed by atoms with Gasteiger partial charge in [-0.15, -0.1) is 4.91 Å². The number of ketones is 1. The summed E-state index contributed by atoms with van der Waals surface area (Å²) in [7, 11) is 0. The first-order valence-corrected chi connectivity index (χ1v) is 12.1. The molecule has 0 spiro atoms. The second kappa shape index (κ2) is 12.7. The largest absolute Gasteiger partial charge is 0.444 e. The molecule has 4 aromatic rings. The second-order valence-corrected chi connectivity index (χ2v) is 8.45. The van der Waals surface area contributed by atoms with Crippen LogP contribution in [-0.2, 0) is 17.9 Å². The summed E-state index contributed by atoms with van der Waals surface area (Å²) in [5.41, 5.74) is 8.90. The number of ether oxygens (including phenoxy) is 1. The summed E-state index contributed by atoms with van der Waals surface area (Å²) in [6.07, 6.45) is -0.481. The summed E-state index contributed by atoms with van der Waals surface area (Å²) in [5, 5.41) is 14.5. The SMILES string of the molecule is N#CCCN=C(N)C(N=O)c1nc2ccccc2n1CC(=O)c1ccc(NC(=O)OCc2ccccc2)cc1. The Labute approximate surface area is 223 Å². The van der Waals surface area contributed by atoms with Gasteiger partial charge in [-0.25, -0.2) is 9.78 Å². The fraction of sp³-hybridized carbons (Fsp3) is 0.179. The maximum atomic E-state index is 13.2. The van der Waals surface area contributed by atoms with E-state index in [2.05, 4.69) is 20.5 Å². The van der Waals surface area contributed by atoms with Gasteiger partial charge in [-0.1, -0.05) is 47.6 Å². The number of aliphatic imine (C=N–C) groups is 1. The van der Waals surface area contributed by atoms with Crippen molar-refractivity contribution in [3.63, 3.8) is 0 Å². The lowest BCUT2D eigenvalue weighted by Gasteiger charge is -2.13. The standard InChI is InChI=1S/C28H25N7O4/c29-15-6-16-31-26(30)25(34-38)27-33-22-9-4-5-10-23(22)35(27)17-24(36)20-11-13-21(14-12-20)32-28(37)39-18-19-7-2-1-3-8-19/h1-5,7-14,25H,6,16-18H2,(H2,30,31)(H,32,37). The number of amides is 1. The normalized spacial score (nSPS) is 11.9. The van der Waals surface area contributed by atoms with Crippen molar-refractivity contribution < 1.29 is 14.3 Å². The molecule has 196 valence electrons. The number of nitroso groups, excluding NO2 is 1. The van der Waals surface area contributed by atoms with E-state index < -0.39 is 12.1 Å². The number of Topliss-reactive ketones (excluding diaryl/α,β-unsaturated/α-hetero) is 1. The van der Waals surface area contributed by atoms with E-state index in [1.54, 1.807) is 53.1 Å². The lowest BCUT2D eigenvalue weighted by molar-refractivity contribution is 0.0972. The second-order valence-electron chi connectivity index (χ2n) is 8.45. The summed E-state index contributed by atoms with van der Waals surface area (Å²) >= 11 is 0. The van der Waals surface area contributed by atoms with Gasteiger partial charge in [0.2, 0.25) is 6.04 Å². The van der Waals surface area contributed by atoms with E-state index in [-0.39, 0.29) is 43.6 Å². The third-order valence-electron chi connectivity index (χ3n) is 5.80. The van der Waals surface area contributed by atoms with Gasteiger partial charge in [-0.3, -0.25) is 15.1 Å². The van der Waals surface area contributed by atoms with Crippen LogP contribution in [0.4, 0.5) is 10.5 Å². The van der Waals surface area contributed by atoms with Crippen molar-refractivity contribution in [2.75, 3.05) is 11.9 Å². The number of carbonyl (C=O) groups excluding carboxylic acids is 2. The molecule has 1 amide bonds. The van der Waals surface area contributed by atoms with Crippen molar-refractivity contribution in [1.82, 2.24) is 9.55 Å². The van der Waals surface area contributed by atoms with Crippen LogP contribution >= 0.6 is 0 Å². The van der Waals surface area contributed by atoms with Gasteiger partial charge in [0.1, 0.15) is 18.3 Å². The highest BCUT2D eigenvalue weighted by molar-refractivity contribution is 5.98. The molecule has 0 aliphatic carbocycles. The quantitative estimate of drug-likeness (QED) is 0.0941. The maximum absolute atomic E-state index is 13.2. The number of nitriles is 1. The summed E-state index contributed by atoms with van der Waals surface area (Å²) < 4.78 is 6.81. The number of para-hydroxylation sites is 2. The number of hydrogen-bond acceptors (Lipinski definition) is 8. The molecule has 0 radical (unpaired) electrons. The number of nitrogens with zero attached hydrogens (tertiary/aromatic N) is 5. The number of hydrogen-bond donors (Lipinski definition) is 2. The number of nitrogens with two attached hydrogens (primary N) is 1. The summed E-state index contributed by atoms with van der Waals surface area (Å²) in [4.78, 5) is 45.7. The Morgan fingerprint density at radius 1 is 1.05 bits per heavy atom. The highest BCUT2D eigenvalue weighted by Gasteiger charge is 2.26. The molecule has 1 heterocycles. The van der Waals surface area contributed by atoms with E-state index in [0.29, 0.717) is 22.3 Å². The molecule has 4 rings (SSSR count). The molecule has 0 aliphatic rings. The molecule has 11 heteroatoms. The molecule has 3 N–H and O–H groups in total. The number of imidazole rings is 1. The lowest BCUT2D eigenvalue weighted by atomic mass is 10.1. The van der Waals surface area contributed by atoms with Crippen molar-refractivity contribution in [2.45, 2.75) is 25.6 Å². The topological polar surface area (TPSA) is 165 Å². The highest BCUT2D eigenvalue weighted by atomic mass is 16.5. The number of benzene rings is 3. The Kier molecular flexibility index (Phi) is 8.71. The predicted molar refractivity (Wildman–Crippen MR) is 146 cm³/mol. The summed E-state index contributed by atoms with van der Waals surface area (Å²) in [5.74, 6) is -0.168. The Hall–Kier alpha value is -5.37. The van der Waals surface area contributed by atoms with Crippen LogP contribution in [0.2, 0.25) is 0 Å². The van der Waals surface area contributed by atoms with Crippen LogP contribution in [0.25, 0.3) is 11.0 Å².